The topological polar surface area (TPSA) is 137 Å². The van der Waals surface area contributed by atoms with E-state index in [0.717, 1.165) is 5.39 Å². The van der Waals surface area contributed by atoms with Gasteiger partial charge in [0.2, 0.25) is 0 Å². The van der Waals surface area contributed by atoms with Crippen LogP contribution in [0.5, 0.6) is 0 Å². The number of nitrogens with one attached hydrogen (secondary N) is 1. The van der Waals surface area contributed by atoms with Crippen LogP contribution in [0.25, 0.3) is 27.8 Å². The van der Waals surface area contributed by atoms with Crippen LogP contribution >= 0.6 is 0 Å². The van der Waals surface area contributed by atoms with Crippen molar-refractivity contribution in [1.82, 2.24) is 40.4 Å². The van der Waals surface area contributed by atoms with Crippen LogP contribution in [0, 0.1) is 0 Å². The molecule has 1 aromatic carbocycles. The van der Waals surface area contributed by atoms with E-state index in [9.17, 15) is 4.79 Å². The second-order valence-electron chi connectivity index (χ2n) is 5.47. The number of hydrogen-bond donors (Lipinski definition) is 1. The fraction of sp³-hybridized carbons (Fsp3) is 0. The van der Waals surface area contributed by atoms with Crippen molar-refractivity contribution in [3.63, 3.8) is 0 Å². The van der Waals surface area contributed by atoms with Gasteiger partial charge in [0, 0.05) is 17.6 Å². The highest BCUT2D eigenvalue weighted by atomic mass is 16.4. The van der Waals surface area contributed by atoms with E-state index in [2.05, 4.69) is 41.0 Å². The van der Waals surface area contributed by atoms with E-state index in [1.807, 2.05) is 18.2 Å². The zero-order valence-corrected chi connectivity index (χ0v) is 13.5. The van der Waals surface area contributed by atoms with E-state index in [0.29, 0.717) is 22.4 Å². The second-order valence-corrected chi connectivity index (χ2v) is 5.47. The number of carbonyl (C=O) groups is 1. The Morgan fingerprint density at radius 3 is 2.93 bits per heavy atom. The van der Waals surface area contributed by atoms with Gasteiger partial charge in [0.25, 0.3) is 5.91 Å². The van der Waals surface area contributed by atoms with Crippen molar-refractivity contribution in [3.8, 4) is 5.82 Å². The molecule has 0 aliphatic rings. The summed E-state index contributed by atoms with van der Waals surface area (Å²) in [7, 11) is 0. The van der Waals surface area contributed by atoms with Gasteiger partial charge >= 0.3 is 6.01 Å². The fourth-order valence-corrected chi connectivity index (χ4v) is 2.65. The minimum Gasteiger partial charge on any atom is -0.423 e. The Labute approximate surface area is 150 Å². The fourth-order valence-electron chi connectivity index (χ4n) is 2.65. The molecule has 0 spiro atoms. The number of rotatable bonds is 3. The van der Waals surface area contributed by atoms with Crippen molar-refractivity contribution in [2.45, 2.75) is 0 Å². The molecule has 0 radical (unpaired) electrons. The number of fused-ring (bicyclic) bond motifs is 3. The number of nitrogens with zero attached hydrogens (tertiary/aromatic N) is 8. The zero-order valence-electron chi connectivity index (χ0n) is 13.5. The van der Waals surface area contributed by atoms with Gasteiger partial charge in [0.1, 0.15) is 5.52 Å². The SMILES string of the molecule is O=C(Nc1nc2c(ccc3cccnc32)o1)c1cnnn1-c1ccnnn1. The molecule has 0 aliphatic carbocycles. The van der Waals surface area contributed by atoms with Gasteiger partial charge in [-0.05, 0) is 23.4 Å². The smallest absolute Gasteiger partial charge is 0.302 e. The van der Waals surface area contributed by atoms with Crippen LogP contribution in [0.4, 0.5) is 6.01 Å². The van der Waals surface area contributed by atoms with Gasteiger partial charge in [0.15, 0.2) is 17.1 Å². The molecule has 1 amide bonds. The summed E-state index contributed by atoms with van der Waals surface area (Å²) < 4.78 is 6.86. The quantitative estimate of drug-likeness (QED) is 0.506. The first-order valence-electron chi connectivity index (χ1n) is 7.81. The van der Waals surface area contributed by atoms with Crippen LogP contribution in [0.1, 0.15) is 10.5 Å². The molecule has 0 aliphatic heterocycles. The molecule has 0 saturated carbocycles. The Morgan fingerprint density at radius 1 is 1.07 bits per heavy atom. The lowest BCUT2D eigenvalue weighted by atomic mass is 10.2. The number of aromatic nitrogens is 8. The molecule has 130 valence electrons. The molecule has 4 aromatic heterocycles. The Bertz CT molecular complexity index is 1280. The monoisotopic (exact) mass is 359 g/mol. The number of hydrogen-bond acceptors (Lipinski definition) is 9. The highest BCUT2D eigenvalue weighted by Gasteiger charge is 2.19. The second kappa shape index (κ2) is 5.91. The van der Waals surface area contributed by atoms with Gasteiger partial charge in [-0.25, -0.2) is 0 Å². The van der Waals surface area contributed by atoms with E-state index < -0.39 is 5.91 Å². The van der Waals surface area contributed by atoms with Crippen LogP contribution in [-0.4, -0.2) is 46.3 Å². The molecule has 11 nitrogen and oxygen atoms in total. The first-order valence-corrected chi connectivity index (χ1v) is 7.81. The third-order valence-corrected chi connectivity index (χ3v) is 3.84. The molecular weight excluding hydrogens is 350 g/mol. The molecule has 11 heteroatoms. The highest BCUT2D eigenvalue weighted by Crippen LogP contribution is 2.26. The molecule has 0 atom stereocenters. The summed E-state index contributed by atoms with van der Waals surface area (Å²) in [5.41, 5.74) is 1.91. The molecule has 27 heavy (non-hydrogen) atoms. The lowest BCUT2D eigenvalue weighted by Gasteiger charge is -2.02. The maximum atomic E-state index is 12.6. The van der Waals surface area contributed by atoms with Gasteiger partial charge in [-0.1, -0.05) is 11.3 Å². The van der Waals surface area contributed by atoms with Crippen molar-refractivity contribution < 1.29 is 9.21 Å². The summed E-state index contributed by atoms with van der Waals surface area (Å²) in [5.74, 6) is -0.206. The third-order valence-electron chi connectivity index (χ3n) is 3.84. The van der Waals surface area contributed by atoms with Crippen molar-refractivity contribution in [2.75, 3.05) is 5.32 Å². The van der Waals surface area contributed by atoms with Crippen molar-refractivity contribution >= 4 is 33.9 Å². The van der Waals surface area contributed by atoms with Gasteiger partial charge in [-0.15, -0.1) is 15.3 Å². The Hall–Kier alpha value is -4.28. The number of carbonyl (C=O) groups excluding carboxylic acids is 1. The van der Waals surface area contributed by atoms with E-state index in [1.54, 1.807) is 18.3 Å². The molecule has 0 bridgehead atoms. The summed E-state index contributed by atoms with van der Waals surface area (Å²) in [4.78, 5) is 21.3. The Balaban J connectivity index is 1.50. The minimum absolute atomic E-state index is 0.0433. The van der Waals surface area contributed by atoms with E-state index in [4.69, 9.17) is 4.42 Å². The van der Waals surface area contributed by atoms with E-state index >= 15 is 0 Å². The molecular formula is C16H9N9O2. The number of amides is 1. The maximum absolute atomic E-state index is 12.6. The minimum atomic E-state index is -0.512. The van der Waals surface area contributed by atoms with Crippen LogP contribution < -0.4 is 5.32 Å². The lowest BCUT2D eigenvalue weighted by Crippen LogP contribution is -2.18. The zero-order chi connectivity index (χ0) is 18.2. The van der Waals surface area contributed by atoms with Crippen LogP contribution in [0.15, 0.2) is 53.3 Å². The first-order chi connectivity index (χ1) is 13.3. The summed E-state index contributed by atoms with van der Waals surface area (Å²) in [6.45, 7) is 0. The third kappa shape index (κ3) is 2.54. The Kier molecular flexibility index (Phi) is 3.29. The van der Waals surface area contributed by atoms with E-state index in [1.165, 1.54) is 17.1 Å². The van der Waals surface area contributed by atoms with Gasteiger partial charge in [0.05, 0.1) is 17.9 Å². The number of pyridine rings is 1. The normalized spacial score (nSPS) is 11.1. The maximum Gasteiger partial charge on any atom is 0.302 e. The van der Waals surface area contributed by atoms with Crippen LogP contribution in [0.3, 0.4) is 0 Å². The lowest BCUT2D eigenvalue weighted by molar-refractivity contribution is 0.101. The summed E-state index contributed by atoms with van der Waals surface area (Å²) in [5, 5.41) is 22.0. The average molecular weight is 359 g/mol. The van der Waals surface area contributed by atoms with Gasteiger partial charge in [-0.3, -0.25) is 15.1 Å². The summed E-state index contributed by atoms with van der Waals surface area (Å²) >= 11 is 0. The number of anilines is 1. The van der Waals surface area contributed by atoms with Gasteiger partial charge in [-0.2, -0.15) is 9.67 Å². The van der Waals surface area contributed by atoms with Crippen LogP contribution in [-0.2, 0) is 0 Å². The Morgan fingerprint density at radius 2 is 2.04 bits per heavy atom. The highest BCUT2D eigenvalue weighted by molar-refractivity contribution is 6.04. The van der Waals surface area contributed by atoms with Crippen LogP contribution in [0.2, 0.25) is 0 Å². The molecule has 0 fully saturated rings. The average Bonchev–Trinajstić information content (AvgIpc) is 3.35. The van der Waals surface area contributed by atoms with Crippen molar-refractivity contribution in [2.24, 2.45) is 0 Å². The predicted octanol–water partition coefficient (Wildman–Crippen LogP) is 1.39. The molecule has 5 aromatic rings. The molecule has 0 saturated heterocycles. The number of benzene rings is 1. The molecule has 5 rings (SSSR count). The number of oxazole rings is 1. The van der Waals surface area contributed by atoms with E-state index in [-0.39, 0.29) is 11.7 Å². The van der Waals surface area contributed by atoms with Crippen molar-refractivity contribution in [1.29, 1.82) is 0 Å². The summed E-state index contributed by atoms with van der Waals surface area (Å²) in [6, 6.07) is 9.02. The standard InChI is InChI=1S/C16H9N9O2/c26-15(10-8-19-24-25(10)12-5-7-18-23-22-12)21-16-20-14-11(27-16)4-3-9-2-1-6-17-13(9)14/h1-8H,(H,20,21,26). The molecule has 4 heterocycles. The molecule has 0 unspecified atom stereocenters. The summed E-state index contributed by atoms with van der Waals surface area (Å²) in [6.07, 6.45) is 4.41. The van der Waals surface area contributed by atoms with Gasteiger partial charge < -0.3 is 4.42 Å². The largest absolute Gasteiger partial charge is 0.423 e. The van der Waals surface area contributed by atoms with Crippen molar-refractivity contribution in [3.05, 3.63) is 54.6 Å². The molecule has 1 N–H and O–H groups in total. The first kappa shape index (κ1) is 15.0. The predicted molar refractivity (Wildman–Crippen MR) is 92.0 cm³/mol.